The van der Waals surface area contributed by atoms with Crippen LogP contribution in [-0.4, -0.2) is 50.3 Å². The molecular formula is C35H47N3O2S. The lowest BCUT2D eigenvalue weighted by Gasteiger charge is -2.58. The normalized spacial score (nSPS) is 36.3. The molecule has 1 saturated heterocycles. The van der Waals surface area contributed by atoms with Crippen LogP contribution in [0.5, 0.6) is 0 Å². The van der Waals surface area contributed by atoms with E-state index in [9.17, 15) is 9.59 Å². The second-order valence-corrected chi connectivity index (χ2v) is 16.8. The summed E-state index contributed by atoms with van der Waals surface area (Å²) in [6.45, 7) is 6.86. The molecule has 0 radical (unpaired) electrons. The fourth-order valence-electron chi connectivity index (χ4n) is 10.7. The van der Waals surface area contributed by atoms with Crippen molar-refractivity contribution in [3.05, 3.63) is 35.5 Å². The first-order valence-corrected chi connectivity index (χ1v) is 17.6. The zero-order valence-electron chi connectivity index (χ0n) is 25.1. The maximum atomic E-state index is 14.6. The molecule has 0 unspecified atom stereocenters. The van der Waals surface area contributed by atoms with Gasteiger partial charge in [-0.25, -0.2) is 0 Å². The third-order valence-corrected chi connectivity index (χ3v) is 13.5. The lowest BCUT2D eigenvalue weighted by atomic mass is 9.53. The van der Waals surface area contributed by atoms with E-state index in [1.165, 1.54) is 41.4 Å². The average molecular weight is 574 g/mol. The van der Waals surface area contributed by atoms with Crippen LogP contribution in [0.15, 0.2) is 24.3 Å². The molecule has 6 saturated carbocycles. The molecule has 7 aliphatic rings. The van der Waals surface area contributed by atoms with Crippen molar-refractivity contribution in [2.45, 2.75) is 114 Å². The highest BCUT2D eigenvalue weighted by atomic mass is 32.2. The van der Waals surface area contributed by atoms with Crippen LogP contribution in [0.1, 0.15) is 102 Å². The van der Waals surface area contributed by atoms with Crippen LogP contribution in [0.4, 0.5) is 0 Å². The number of nitrogens with zero attached hydrogens (tertiary/aromatic N) is 1. The first-order chi connectivity index (χ1) is 19.7. The number of fused-ring (bicyclic) bond motifs is 1. The number of H-pyrrole nitrogens is 1. The maximum Gasteiger partial charge on any atom is 0.246 e. The van der Waals surface area contributed by atoms with Gasteiger partial charge in [-0.3, -0.25) is 9.59 Å². The summed E-state index contributed by atoms with van der Waals surface area (Å²) in [4.78, 5) is 34.9. The predicted octanol–water partition coefficient (Wildman–Crippen LogP) is 6.95. The third-order valence-electron chi connectivity index (χ3n) is 12.5. The van der Waals surface area contributed by atoms with E-state index in [-0.39, 0.29) is 28.8 Å². The summed E-state index contributed by atoms with van der Waals surface area (Å²) in [6, 6.07) is 8.83. The Bertz CT molecular complexity index is 1350. The molecule has 6 heteroatoms. The van der Waals surface area contributed by atoms with Gasteiger partial charge in [0.05, 0.1) is 0 Å². The largest absolute Gasteiger partial charge is 0.358 e. The zero-order valence-corrected chi connectivity index (χ0v) is 26.0. The standard InChI is InChI=1S/C35H47N3O2S/c1-21-30(26-6-4-5-7-28(26)36-21)31-27(33(31,2)3)17-29(39)38(25-8-9-25)35(10-12-41-13-11-35)32(40)37-34-18-22-14-23(19-34)16-24(15-22)20-34/h4-7,22-25,27,31,36H,8-20H2,1-3H3,(H,37,40)/t22?,23?,24?,27-,31-,34?/m1/s1. The molecule has 9 rings (SSSR count). The Labute approximate surface area is 249 Å². The number of para-hydroxylation sites is 1. The van der Waals surface area contributed by atoms with Crippen molar-refractivity contribution in [3.63, 3.8) is 0 Å². The molecule has 5 nitrogen and oxygen atoms in total. The molecule has 7 fully saturated rings. The number of aromatic amines is 1. The molecule has 1 aromatic carbocycles. The van der Waals surface area contributed by atoms with Crippen LogP contribution in [0.3, 0.4) is 0 Å². The minimum atomic E-state index is -0.669. The number of benzene rings is 1. The molecule has 2 atom stereocenters. The van der Waals surface area contributed by atoms with Gasteiger partial charge in [-0.15, -0.1) is 0 Å². The van der Waals surface area contributed by atoms with Crippen molar-refractivity contribution >= 4 is 34.5 Å². The number of carbonyl (C=O) groups is 2. The number of thioether (sulfide) groups is 1. The van der Waals surface area contributed by atoms with Crippen molar-refractivity contribution in [2.75, 3.05) is 11.5 Å². The number of aryl methyl sites for hydroxylation is 1. The Morgan fingerprint density at radius 1 is 1.00 bits per heavy atom. The van der Waals surface area contributed by atoms with E-state index >= 15 is 0 Å². The summed E-state index contributed by atoms with van der Waals surface area (Å²) in [5.41, 5.74) is 3.19. The molecule has 1 aromatic heterocycles. The van der Waals surface area contributed by atoms with Gasteiger partial charge in [0.15, 0.2) is 0 Å². The molecule has 2 amide bonds. The highest BCUT2D eigenvalue weighted by Crippen LogP contribution is 2.67. The first kappa shape index (κ1) is 26.7. The van der Waals surface area contributed by atoms with Crippen LogP contribution in [0.2, 0.25) is 0 Å². The van der Waals surface area contributed by atoms with Crippen LogP contribution < -0.4 is 5.32 Å². The lowest BCUT2D eigenvalue weighted by Crippen LogP contribution is -2.68. The molecule has 2 heterocycles. The molecule has 1 aliphatic heterocycles. The van der Waals surface area contributed by atoms with Crippen molar-refractivity contribution in [2.24, 2.45) is 29.1 Å². The van der Waals surface area contributed by atoms with E-state index in [0.29, 0.717) is 18.3 Å². The van der Waals surface area contributed by atoms with Crippen molar-refractivity contribution < 1.29 is 9.59 Å². The third kappa shape index (κ3) is 4.24. The van der Waals surface area contributed by atoms with Gasteiger partial charge in [0.2, 0.25) is 11.8 Å². The van der Waals surface area contributed by atoms with E-state index in [4.69, 9.17) is 0 Å². The van der Waals surface area contributed by atoms with E-state index in [0.717, 1.165) is 74.2 Å². The second kappa shape index (κ2) is 9.27. The molecule has 4 bridgehead atoms. The number of carbonyl (C=O) groups excluding carboxylic acids is 2. The highest BCUT2D eigenvalue weighted by Gasteiger charge is 2.62. The topological polar surface area (TPSA) is 65.2 Å². The van der Waals surface area contributed by atoms with Crippen molar-refractivity contribution in [1.82, 2.24) is 15.2 Å². The van der Waals surface area contributed by atoms with Crippen LogP contribution in [0.25, 0.3) is 10.9 Å². The Morgan fingerprint density at radius 3 is 2.27 bits per heavy atom. The van der Waals surface area contributed by atoms with E-state index < -0.39 is 5.54 Å². The summed E-state index contributed by atoms with van der Waals surface area (Å²) < 4.78 is 0. The van der Waals surface area contributed by atoms with Gasteiger partial charge < -0.3 is 15.2 Å². The van der Waals surface area contributed by atoms with Gasteiger partial charge in [-0.1, -0.05) is 32.0 Å². The quantitative estimate of drug-likeness (QED) is 0.377. The lowest BCUT2D eigenvalue weighted by molar-refractivity contribution is -0.153. The minimum absolute atomic E-state index is 0.0157. The zero-order chi connectivity index (χ0) is 28.1. The SMILES string of the molecule is Cc1[nH]c2ccccc2c1[C@H]1[C@@H](CC(=O)N(C2CC2)C2(C(=O)NC34CC5CC(CC(C5)C3)C4)CCSCC2)C1(C)C. The number of rotatable bonds is 7. The van der Waals surface area contributed by atoms with Gasteiger partial charge in [0, 0.05) is 34.6 Å². The predicted molar refractivity (Wildman–Crippen MR) is 166 cm³/mol. The van der Waals surface area contributed by atoms with Crippen molar-refractivity contribution in [1.29, 1.82) is 0 Å². The smallest absolute Gasteiger partial charge is 0.246 e. The Morgan fingerprint density at radius 2 is 1.63 bits per heavy atom. The van der Waals surface area contributed by atoms with E-state index in [2.05, 4.69) is 60.2 Å². The van der Waals surface area contributed by atoms with Crippen LogP contribution in [-0.2, 0) is 9.59 Å². The Balaban J connectivity index is 1.07. The summed E-state index contributed by atoms with van der Waals surface area (Å²) >= 11 is 1.95. The van der Waals surface area contributed by atoms with E-state index in [1.807, 2.05) is 11.8 Å². The molecule has 220 valence electrons. The molecule has 2 N–H and O–H groups in total. The molecule has 41 heavy (non-hydrogen) atoms. The monoisotopic (exact) mass is 573 g/mol. The fraction of sp³-hybridized carbons (Fsp3) is 0.714. The number of hydrogen-bond donors (Lipinski definition) is 2. The molecule has 0 spiro atoms. The first-order valence-electron chi connectivity index (χ1n) is 16.5. The second-order valence-electron chi connectivity index (χ2n) is 15.6. The minimum Gasteiger partial charge on any atom is -0.358 e. The molecule has 2 aromatic rings. The number of nitrogens with one attached hydrogen (secondary N) is 2. The summed E-state index contributed by atoms with van der Waals surface area (Å²) in [5.74, 6) is 5.41. The van der Waals surface area contributed by atoms with E-state index in [1.54, 1.807) is 0 Å². The Hall–Kier alpha value is -1.95. The number of hydrogen-bond acceptors (Lipinski definition) is 3. The van der Waals surface area contributed by atoms with Gasteiger partial charge >= 0.3 is 0 Å². The fourth-order valence-corrected chi connectivity index (χ4v) is 11.9. The average Bonchev–Trinajstić information content (AvgIpc) is 3.80. The maximum absolute atomic E-state index is 14.6. The van der Waals surface area contributed by atoms with Crippen molar-refractivity contribution in [3.8, 4) is 0 Å². The van der Waals surface area contributed by atoms with Gasteiger partial charge in [0.25, 0.3) is 0 Å². The van der Waals surface area contributed by atoms with Gasteiger partial charge in [-0.05, 0) is 129 Å². The Kier molecular flexibility index (Phi) is 6.03. The molecular weight excluding hydrogens is 526 g/mol. The number of amides is 2. The van der Waals surface area contributed by atoms with Crippen LogP contribution in [0, 0.1) is 36.0 Å². The highest BCUT2D eigenvalue weighted by molar-refractivity contribution is 7.99. The summed E-state index contributed by atoms with van der Waals surface area (Å²) in [5, 5.41) is 5.05. The van der Waals surface area contributed by atoms with Gasteiger partial charge in [-0.2, -0.15) is 11.8 Å². The van der Waals surface area contributed by atoms with Crippen LogP contribution >= 0.6 is 11.8 Å². The van der Waals surface area contributed by atoms with Gasteiger partial charge in [0.1, 0.15) is 5.54 Å². The summed E-state index contributed by atoms with van der Waals surface area (Å²) in [6.07, 6.45) is 11.8. The summed E-state index contributed by atoms with van der Waals surface area (Å²) in [7, 11) is 0. The number of aromatic nitrogens is 1. The molecule has 6 aliphatic carbocycles.